The first-order chi connectivity index (χ1) is 39.6. The van der Waals surface area contributed by atoms with Crippen molar-refractivity contribution in [1.29, 1.82) is 0 Å². The molecule has 3 aromatic heterocycles. The summed E-state index contributed by atoms with van der Waals surface area (Å²) in [4.78, 5) is 89.6. The van der Waals surface area contributed by atoms with Crippen LogP contribution in [0.4, 0.5) is 5.13 Å². The second-order valence-electron chi connectivity index (χ2n) is 18.8. The Morgan fingerprint density at radius 3 is 1.95 bits per heavy atom. The van der Waals surface area contributed by atoms with Gasteiger partial charge in [0.25, 0.3) is 23.1 Å². The number of pyridine rings is 1. The van der Waals surface area contributed by atoms with E-state index in [1.807, 2.05) is 121 Å². The molecular weight excluding hydrogens is 1080 g/mol. The van der Waals surface area contributed by atoms with Crippen LogP contribution >= 0.6 is 34.9 Å². The van der Waals surface area contributed by atoms with E-state index in [0.717, 1.165) is 16.7 Å². The number of ether oxygens (including phenoxy) is 2. The van der Waals surface area contributed by atoms with Gasteiger partial charge in [-0.25, -0.2) is 14.3 Å². The van der Waals surface area contributed by atoms with Gasteiger partial charge in [0.05, 0.1) is 7.11 Å². The number of aryl methyl sites for hydroxylation is 1. The molecule has 1 fully saturated rings. The number of methoxy groups -OCH3 is 1. The molecule has 404 valence electrons. The van der Waals surface area contributed by atoms with Gasteiger partial charge >= 0.3 is 5.97 Å². The molecule has 2 amide bonds. The minimum Gasteiger partial charge on any atom is -0.497 e. The maximum atomic E-state index is 15.1. The molecule has 0 bridgehead atoms. The van der Waals surface area contributed by atoms with Crippen LogP contribution in [0.3, 0.4) is 0 Å². The van der Waals surface area contributed by atoms with Crippen molar-refractivity contribution in [3.05, 3.63) is 250 Å². The van der Waals surface area contributed by atoms with Gasteiger partial charge in [0.2, 0.25) is 11.6 Å². The normalized spacial score (nSPS) is 15.2. The summed E-state index contributed by atoms with van der Waals surface area (Å²) in [6, 6.07) is 53.7. The van der Waals surface area contributed by atoms with E-state index in [2.05, 4.69) is 20.8 Å². The molecule has 0 saturated carbocycles. The quantitative estimate of drug-likeness (QED) is 0.00794. The largest absolute Gasteiger partial charge is 0.497 e. The van der Waals surface area contributed by atoms with Gasteiger partial charge in [0.1, 0.15) is 47.7 Å². The van der Waals surface area contributed by atoms with E-state index in [-0.39, 0.29) is 40.6 Å². The van der Waals surface area contributed by atoms with Crippen LogP contribution in [0.25, 0.3) is 11.1 Å². The van der Waals surface area contributed by atoms with Crippen molar-refractivity contribution < 1.29 is 47.3 Å². The zero-order valence-corrected chi connectivity index (χ0v) is 46.0. The number of carbonyl (C=O) groups excluding carboxylic acids is 5. The number of rotatable bonds is 21. The first-order valence-corrected chi connectivity index (χ1v) is 28.5. The molecule has 1 unspecified atom stereocenters. The summed E-state index contributed by atoms with van der Waals surface area (Å²) in [5.74, 6) is -2.49. The number of oxazole rings is 1. The second kappa shape index (κ2) is 24.1. The number of β-lactam (4-membered cyclic amide) rings is 1. The van der Waals surface area contributed by atoms with Crippen LogP contribution in [-0.4, -0.2) is 86.1 Å². The minimum atomic E-state index is -1.84. The molecule has 0 aliphatic carbocycles. The Kier molecular flexibility index (Phi) is 16.0. The van der Waals surface area contributed by atoms with E-state index in [1.54, 1.807) is 97.4 Å². The van der Waals surface area contributed by atoms with E-state index in [0.29, 0.717) is 38.3 Å². The van der Waals surface area contributed by atoms with Crippen LogP contribution in [0, 0.1) is 0 Å². The van der Waals surface area contributed by atoms with Crippen LogP contribution in [0.15, 0.2) is 226 Å². The number of Topliss-reactive ketones (excluding diaryl/α,β-unsaturated/α-hetero) is 2. The topological polar surface area (TPSA) is 196 Å². The van der Waals surface area contributed by atoms with Gasteiger partial charge in [-0.3, -0.25) is 24.1 Å². The second-order valence-corrected chi connectivity index (χ2v) is 21.7. The average molecular weight is 1130 g/mol. The number of aromatic nitrogens is 3. The molecule has 2 aliphatic heterocycles. The zero-order chi connectivity index (χ0) is 55.9. The minimum absolute atomic E-state index is 0.0102. The van der Waals surface area contributed by atoms with Crippen molar-refractivity contribution in [2.45, 2.75) is 34.9 Å². The van der Waals surface area contributed by atoms with Gasteiger partial charge in [-0.1, -0.05) is 181 Å². The van der Waals surface area contributed by atoms with Gasteiger partial charge in [0.15, 0.2) is 34.3 Å². The maximum absolute atomic E-state index is 15.1. The number of amides is 2. The standard InChI is InChI=1S/C62H49N7O9S3/c1-68-33-32-49-47(34-68)64-61(77-49)81-37-42-36-79-58-51(57(73)69(58)52(42)59(74)76-35-39-28-30-46(75-2)31-29-39)65-56(72)50(67-78-55(53(70)40-18-8-3-9-19-40)54(71)41-20-10-4-11-21-41)48-38-80-60(63-48)66-62(43-22-12-5-13-23-43,44-24-14-6-15-25-44)45-26-16-7-17-27-45/h3-34,38,51,55,58H,35-37H2,1-2H3,(H-,63,65,66,72)/p+1/b67-50-/t51?,58-/m0/s1. The Bertz CT molecular complexity index is 3680. The highest BCUT2D eigenvalue weighted by atomic mass is 32.2. The molecule has 9 aromatic rings. The number of oxime groups is 1. The predicted molar refractivity (Wildman–Crippen MR) is 309 cm³/mol. The van der Waals surface area contributed by atoms with E-state index in [9.17, 15) is 19.2 Å². The van der Waals surface area contributed by atoms with Crippen molar-refractivity contribution in [1.82, 2.24) is 20.2 Å². The summed E-state index contributed by atoms with van der Waals surface area (Å²) in [6.07, 6.45) is 1.85. The Balaban J connectivity index is 0.932. The number of benzene rings is 6. The molecular formula is C62H50N7O9S3+. The molecule has 5 heterocycles. The lowest BCUT2D eigenvalue weighted by molar-refractivity contribution is -0.670. The highest BCUT2D eigenvalue weighted by molar-refractivity contribution is 8.01. The summed E-state index contributed by atoms with van der Waals surface area (Å²) in [7, 11) is 3.44. The molecule has 19 heteroatoms. The number of ketones is 2. The van der Waals surface area contributed by atoms with Crippen LogP contribution in [-0.2, 0) is 43.2 Å². The fourth-order valence-corrected chi connectivity index (χ4v) is 12.6. The molecule has 2 atom stereocenters. The molecule has 0 radical (unpaired) electrons. The fraction of sp³-hybridized carbons (Fsp3) is 0.145. The molecule has 2 N–H and O–H groups in total. The number of fused-ring (bicyclic) bond motifs is 2. The van der Waals surface area contributed by atoms with Gasteiger partial charge in [-0.2, -0.15) is 4.98 Å². The smallest absolute Gasteiger partial charge is 0.355 e. The molecule has 81 heavy (non-hydrogen) atoms. The van der Waals surface area contributed by atoms with Crippen molar-refractivity contribution in [2.75, 3.05) is 23.9 Å². The SMILES string of the molecule is COc1ccc(COC(=O)C2=C(CSc3nc4c[n+](C)ccc4o3)CS[C@H]3C(NC(=O)/C(=N\OC(C(=O)c4ccccc4)C(=O)c4ccccc4)c4csc(NC(c5ccccc5)(c5ccccc5)c5ccccc5)n4)C(=O)N23)cc1. The third-order valence-electron chi connectivity index (χ3n) is 13.6. The average Bonchev–Trinajstić information content (AvgIpc) is 4.29. The van der Waals surface area contributed by atoms with Gasteiger partial charge in [0, 0.05) is 34.1 Å². The van der Waals surface area contributed by atoms with Crippen LogP contribution in [0.1, 0.15) is 48.7 Å². The van der Waals surface area contributed by atoms with Crippen molar-refractivity contribution >= 4 is 86.2 Å². The highest BCUT2D eigenvalue weighted by Gasteiger charge is 2.55. The molecule has 11 rings (SSSR count). The zero-order valence-electron chi connectivity index (χ0n) is 43.5. The number of thiazole rings is 1. The number of thioether (sulfide) groups is 2. The lowest BCUT2D eigenvalue weighted by Gasteiger charge is -2.49. The molecule has 2 aliphatic rings. The highest BCUT2D eigenvalue weighted by Crippen LogP contribution is 2.43. The van der Waals surface area contributed by atoms with Crippen molar-refractivity contribution in [2.24, 2.45) is 12.2 Å². The summed E-state index contributed by atoms with van der Waals surface area (Å²) in [5.41, 5.74) is 4.20. The van der Waals surface area contributed by atoms with Crippen LogP contribution in [0.5, 0.6) is 5.75 Å². The van der Waals surface area contributed by atoms with E-state index < -0.39 is 58.1 Å². The maximum Gasteiger partial charge on any atom is 0.355 e. The summed E-state index contributed by atoms with van der Waals surface area (Å²) in [6.45, 7) is -0.0943. The van der Waals surface area contributed by atoms with Gasteiger partial charge in [-0.05, 0) is 40.0 Å². The van der Waals surface area contributed by atoms with Crippen LogP contribution in [0.2, 0.25) is 0 Å². The molecule has 0 spiro atoms. The Morgan fingerprint density at radius 1 is 0.790 bits per heavy atom. The van der Waals surface area contributed by atoms with Crippen molar-refractivity contribution in [3.8, 4) is 5.75 Å². The van der Waals surface area contributed by atoms with Crippen molar-refractivity contribution in [3.63, 3.8) is 0 Å². The lowest BCUT2D eigenvalue weighted by atomic mass is 9.77. The molecule has 16 nitrogen and oxygen atoms in total. The first-order valence-electron chi connectivity index (χ1n) is 25.6. The van der Waals surface area contributed by atoms with E-state index in [4.69, 9.17) is 23.7 Å². The third-order valence-corrected chi connectivity index (χ3v) is 16.6. The molecule has 6 aromatic carbocycles. The Labute approximate surface area is 477 Å². The Morgan fingerprint density at radius 2 is 1.37 bits per heavy atom. The van der Waals surface area contributed by atoms with Crippen LogP contribution < -0.4 is 19.9 Å². The monoisotopic (exact) mass is 1130 g/mol. The fourth-order valence-electron chi connectivity index (χ4n) is 9.51. The third kappa shape index (κ3) is 11.4. The predicted octanol–water partition coefficient (Wildman–Crippen LogP) is 9.57. The number of carbonyl (C=O) groups is 5. The first kappa shape index (κ1) is 53.8. The number of nitrogens with zero attached hydrogens (tertiary/aromatic N) is 5. The number of nitrogens with one attached hydrogen (secondary N) is 2. The lowest BCUT2D eigenvalue weighted by Crippen LogP contribution is -2.71. The number of hydrogen-bond acceptors (Lipinski definition) is 16. The Hall–Kier alpha value is -9.17. The molecule has 1 saturated heterocycles. The number of hydrogen-bond donors (Lipinski definition) is 2. The number of esters is 1. The summed E-state index contributed by atoms with van der Waals surface area (Å²) in [5, 5.41) is 12.5. The van der Waals surface area contributed by atoms with E-state index in [1.165, 1.54) is 39.8 Å². The number of anilines is 1. The summed E-state index contributed by atoms with van der Waals surface area (Å²) >= 11 is 3.81. The van der Waals surface area contributed by atoms with Gasteiger partial charge in [-0.15, -0.1) is 23.1 Å². The van der Waals surface area contributed by atoms with E-state index >= 15 is 4.79 Å². The summed E-state index contributed by atoms with van der Waals surface area (Å²) < 4.78 is 19.1. The van der Waals surface area contributed by atoms with Gasteiger partial charge < -0.3 is 29.4 Å².